The summed E-state index contributed by atoms with van der Waals surface area (Å²) >= 11 is 3.73. The Hall–Kier alpha value is -4.38. The van der Waals surface area contributed by atoms with Gasteiger partial charge in [-0.05, 0) is 65.7 Å². The summed E-state index contributed by atoms with van der Waals surface area (Å²) in [5.41, 5.74) is 7.88. The highest BCUT2D eigenvalue weighted by Gasteiger charge is 2.36. The lowest BCUT2D eigenvalue weighted by Crippen LogP contribution is -2.25. The number of benzene rings is 6. The molecule has 0 amide bonds. The molecule has 4 heteroatoms. The van der Waals surface area contributed by atoms with Crippen LogP contribution in [0.3, 0.4) is 0 Å². The van der Waals surface area contributed by atoms with Gasteiger partial charge in [-0.1, -0.05) is 122 Å². The van der Waals surface area contributed by atoms with Gasteiger partial charge in [-0.15, -0.1) is 0 Å². The Kier molecular flexibility index (Phi) is 6.36. The van der Waals surface area contributed by atoms with Gasteiger partial charge in [0.1, 0.15) is 5.75 Å². The molecule has 0 saturated carbocycles. The van der Waals surface area contributed by atoms with Crippen LogP contribution in [0.4, 0.5) is 17.1 Å². The van der Waals surface area contributed by atoms with Gasteiger partial charge in [0.2, 0.25) is 0 Å². The van der Waals surface area contributed by atoms with Crippen LogP contribution in [0.15, 0.2) is 159 Å². The second-order valence-electron chi connectivity index (χ2n) is 11.4. The zero-order chi connectivity index (χ0) is 29.0. The molecule has 8 rings (SSSR count). The van der Waals surface area contributed by atoms with E-state index >= 15 is 0 Å². The number of rotatable bonds is 4. The molecule has 2 aliphatic rings. The quantitative estimate of drug-likeness (QED) is 0.202. The van der Waals surface area contributed by atoms with E-state index in [4.69, 9.17) is 4.74 Å². The summed E-state index contributed by atoms with van der Waals surface area (Å²) in [6, 6.07) is 49.8. The lowest BCUT2D eigenvalue weighted by Gasteiger charge is -2.37. The maximum absolute atomic E-state index is 6.71. The van der Waals surface area contributed by atoms with Crippen LogP contribution in [0.1, 0.15) is 25.0 Å². The maximum atomic E-state index is 6.71. The summed E-state index contributed by atoms with van der Waals surface area (Å²) in [6.07, 6.45) is 0. The van der Waals surface area contributed by atoms with Gasteiger partial charge in [-0.25, -0.2) is 0 Å². The first-order valence-electron chi connectivity index (χ1n) is 14.5. The SMILES string of the molecule is CC1(C)c2ccccc2Oc2c(N(c3ccccc3)c3ccc(-c4cccc5c4Sc4ccccc4S5)cc3)cccc21. The fourth-order valence-corrected chi connectivity index (χ4v) is 8.60. The number of nitrogens with zero attached hydrogens (tertiary/aromatic N) is 1. The van der Waals surface area contributed by atoms with Crippen LogP contribution >= 0.6 is 23.5 Å². The molecule has 43 heavy (non-hydrogen) atoms. The molecule has 6 aromatic rings. The highest BCUT2D eigenvalue weighted by molar-refractivity contribution is 8.05. The van der Waals surface area contributed by atoms with Crippen LogP contribution in [0.2, 0.25) is 0 Å². The minimum absolute atomic E-state index is 0.187. The fraction of sp³-hybridized carbons (Fsp3) is 0.0769. The van der Waals surface area contributed by atoms with E-state index in [9.17, 15) is 0 Å². The van der Waals surface area contributed by atoms with E-state index in [1.807, 2.05) is 29.6 Å². The van der Waals surface area contributed by atoms with E-state index in [1.54, 1.807) is 0 Å². The zero-order valence-corrected chi connectivity index (χ0v) is 25.6. The van der Waals surface area contributed by atoms with Crippen LogP contribution in [0.25, 0.3) is 11.1 Å². The van der Waals surface area contributed by atoms with Gasteiger partial charge in [-0.2, -0.15) is 0 Å². The Morgan fingerprint density at radius 2 is 1.16 bits per heavy atom. The van der Waals surface area contributed by atoms with Crippen molar-refractivity contribution in [2.45, 2.75) is 38.8 Å². The molecular formula is C39H29NOS2. The van der Waals surface area contributed by atoms with Crippen molar-refractivity contribution in [3.63, 3.8) is 0 Å². The molecule has 208 valence electrons. The summed E-state index contributed by atoms with van der Waals surface area (Å²) in [6.45, 7) is 4.57. The largest absolute Gasteiger partial charge is 0.455 e. The lowest BCUT2D eigenvalue weighted by atomic mass is 9.75. The predicted molar refractivity (Wildman–Crippen MR) is 180 cm³/mol. The first kappa shape index (κ1) is 26.3. The van der Waals surface area contributed by atoms with Gasteiger partial charge < -0.3 is 9.64 Å². The normalized spacial score (nSPS) is 14.0. The van der Waals surface area contributed by atoms with Crippen LogP contribution in [-0.4, -0.2) is 0 Å². The molecule has 0 aromatic heterocycles. The van der Waals surface area contributed by atoms with E-state index in [2.05, 4.69) is 152 Å². The molecule has 0 radical (unpaired) electrons. The third-order valence-corrected chi connectivity index (χ3v) is 11.0. The number of ether oxygens (including phenoxy) is 1. The lowest BCUT2D eigenvalue weighted by molar-refractivity contribution is 0.419. The minimum atomic E-state index is -0.187. The monoisotopic (exact) mass is 591 g/mol. The maximum Gasteiger partial charge on any atom is 0.155 e. The molecule has 0 fully saturated rings. The first-order valence-corrected chi connectivity index (χ1v) is 16.2. The van der Waals surface area contributed by atoms with Crippen molar-refractivity contribution in [2.75, 3.05) is 4.90 Å². The van der Waals surface area contributed by atoms with Crippen LogP contribution < -0.4 is 9.64 Å². The fourth-order valence-electron chi connectivity index (χ4n) is 6.20. The number of hydrogen-bond donors (Lipinski definition) is 0. The van der Waals surface area contributed by atoms with Gasteiger partial charge >= 0.3 is 0 Å². The smallest absolute Gasteiger partial charge is 0.155 e. The predicted octanol–water partition coefficient (Wildman–Crippen LogP) is 11.9. The molecular weight excluding hydrogens is 563 g/mol. The first-order chi connectivity index (χ1) is 21.1. The van der Waals surface area contributed by atoms with E-state index in [0.717, 1.165) is 28.6 Å². The zero-order valence-electron chi connectivity index (χ0n) is 24.0. The van der Waals surface area contributed by atoms with E-state index in [0.29, 0.717) is 0 Å². The Balaban J connectivity index is 1.23. The molecule has 0 unspecified atom stereocenters. The molecule has 0 spiro atoms. The molecule has 2 aliphatic heterocycles. The topological polar surface area (TPSA) is 12.5 Å². The number of para-hydroxylation sites is 3. The Labute approximate surface area is 261 Å². The van der Waals surface area contributed by atoms with E-state index in [1.165, 1.54) is 41.8 Å². The van der Waals surface area contributed by atoms with Crippen LogP contribution in [-0.2, 0) is 5.41 Å². The minimum Gasteiger partial charge on any atom is -0.455 e. The van der Waals surface area contributed by atoms with Crippen molar-refractivity contribution in [1.29, 1.82) is 0 Å². The molecule has 2 nitrogen and oxygen atoms in total. The van der Waals surface area contributed by atoms with Gasteiger partial charge in [0.05, 0.1) is 5.69 Å². The van der Waals surface area contributed by atoms with Crippen LogP contribution in [0, 0.1) is 0 Å². The summed E-state index contributed by atoms with van der Waals surface area (Å²) < 4.78 is 6.71. The van der Waals surface area contributed by atoms with Gasteiger partial charge in [0, 0.05) is 47.5 Å². The number of hydrogen-bond acceptors (Lipinski definition) is 4. The van der Waals surface area contributed by atoms with Gasteiger partial charge in [0.25, 0.3) is 0 Å². The summed E-state index contributed by atoms with van der Waals surface area (Å²) in [5.74, 6) is 1.82. The molecule has 0 N–H and O–H groups in total. The summed E-state index contributed by atoms with van der Waals surface area (Å²) in [7, 11) is 0. The molecule has 2 heterocycles. The number of anilines is 3. The molecule has 0 atom stereocenters. The summed E-state index contributed by atoms with van der Waals surface area (Å²) in [4.78, 5) is 7.59. The van der Waals surface area contributed by atoms with Gasteiger partial charge in [0.15, 0.2) is 5.75 Å². The Bertz CT molecular complexity index is 1980. The molecule has 6 aromatic carbocycles. The third kappa shape index (κ3) is 4.45. The van der Waals surface area contributed by atoms with Crippen molar-refractivity contribution in [3.8, 4) is 22.6 Å². The molecule has 0 aliphatic carbocycles. The van der Waals surface area contributed by atoms with Crippen molar-refractivity contribution < 1.29 is 4.74 Å². The second-order valence-corrected chi connectivity index (χ2v) is 13.5. The van der Waals surface area contributed by atoms with E-state index in [-0.39, 0.29) is 5.41 Å². The van der Waals surface area contributed by atoms with Crippen molar-refractivity contribution in [2.24, 2.45) is 0 Å². The standard InChI is InChI=1S/C39H29NOS2/c1-39(2)30-15-6-7-18-33(30)41-37-31(39)16-11-17-32(37)40(27-12-4-3-5-13-27)28-24-22-26(23-25-28)29-14-10-21-36-38(29)43-35-20-9-8-19-34(35)42-36/h3-25H,1-2H3. The average molecular weight is 592 g/mol. The van der Waals surface area contributed by atoms with Gasteiger partial charge in [-0.3, -0.25) is 0 Å². The van der Waals surface area contributed by atoms with Crippen molar-refractivity contribution >= 4 is 40.6 Å². The Morgan fingerprint density at radius 3 is 1.98 bits per heavy atom. The highest BCUT2D eigenvalue weighted by atomic mass is 32.2. The van der Waals surface area contributed by atoms with Crippen molar-refractivity contribution in [1.82, 2.24) is 0 Å². The van der Waals surface area contributed by atoms with E-state index < -0.39 is 0 Å². The molecule has 0 bridgehead atoms. The highest BCUT2D eigenvalue weighted by Crippen LogP contribution is 2.54. The summed E-state index contributed by atoms with van der Waals surface area (Å²) in [5, 5.41) is 0. The average Bonchev–Trinajstić information content (AvgIpc) is 3.05. The third-order valence-electron chi connectivity index (χ3n) is 8.39. The molecule has 0 saturated heterocycles. The van der Waals surface area contributed by atoms with Crippen LogP contribution in [0.5, 0.6) is 11.5 Å². The van der Waals surface area contributed by atoms with Crippen molar-refractivity contribution in [3.05, 3.63) is 151 Å². The Morgan fingerprint density at radius 1 is 0.535 bits per heavy atom. The number of fused-ring (bicyclic) bond motifs is 4. The second kappa shape index (κ2) is 10.4.